The van der Waals surface area contributed by atoms with Gasteiger partial charge in [0.05, 0.1) is 23.4 Å². The molecular weight excluding hydrogens is 398 g/mol. The van der Waals surface area contributed by atoms with Crippen LogP contribution in [-0.2, 0) is 16.0 Å². The van der Waals surface area contributed by atoms with Crippen LogP contribution < -0.4 is 10.9 Å². The van der Waals surface area contributed by atoms with E-state index in [1.54, 1.807) is 6.92 Å². The minimum atomic E-state index is -0.868. The van der Waals surface area contributed by atoms with Crippen LogP contribution in [0.4, 0.5) is 0 Å². The first-order valence-electron chi connectivity index (χ1n) is 9.64. The molecule has 8 heteroatoms. The molecule has 0 aliphatic heterocycles. The Labute approximate surface area is 172 Å². The fourth-order valence-corrected chi connectivity index (χ4v) is 4.31. The molecule has 0 radical (unpaired) electrons. The van der Waals surface area contributed by atoms with Gasteiger partial charge in [0.15, 0.2) is 0 Å². The maximum Gasteiger partial charge on any atom is 0.340 e. The zero-order valence-electron chi connectivity index (χ0n) is 16.2. The van der Waals surface area contributed by atoms with E-state index in [9.17, 15) is 24.6 Å². The van der Waals surface area contributed by atoms with Crippen molar-refractivity contribution in [3.63, 3.8) is 0 Å². The number of amides is 1. The molecule has 7 nitrogen and oxygen atoms in total. The second-order valence-electron chi connectivity index (χ2n) is 7.88. The summed E-state index contributed by atoms with van der Waals surface area (Å²) in [6, 6.07) is 2.77. The normalized spacial score (nSPS) is 15.9. The summed E-state index contributed by atoms with van der Waals surface area (Å²) in [7, 11) is 0. The largest absolute Gasteiger partial charge is 0.506 e. The monoisotopic (exact) mass is 421 g/mol. The van der Waals surface area contributed by atoms with Gasteiger partial charge >= 0.3 is 11.6 Å². The lowest BCUT2D eigenvalue weighted by Crippen LogP contribution is -2.41. The number of rotatable bonds is 6. The topological polar surface area (TPSA) is 117 Å². The number of aliphatic carboxylic acids is 1. The van der Waals surface area contributed by atoms with Crippen LogP contribution in [0, 0.1) is 12.3 Å². The first-order valence-corrected chi connectivity index (χ1v) is 10.0. The number of carbonyl (C=O) groups is 2. The zero-order chi connectivity index (χ0) is 21.2. The van der Waals surface area contributed by atoms with Crippen LogP contribution in [0.3, 0.4) is 0 Å². The van der Waals surface area contributed by atoms with E-state index in [1.165, 1.54) is 12.1 Å². The molecule has 3 rings (SSSR count). The van der Waals surface area contributed by atoms with Crippen LogP contribution >= 0.6 is 11.6 Å². The fraction of sp³-hybridized carbons (Fsp3) is 0.476. The first kappa shape index (κ1) is 21.2. The van der Waals surface area contributed by atoms with Crippen LogP contribution in [0.25, 0.3) is 11.0 Å². The predicted octanol–water partition coefficient (Wildman–Crippen LogP) is 3.54. The Hall–Kier alpha value is -2.54. The molecule has 0 saturated heterocycles. The van der Waals surface area contributed by atoms with Gasteiger partial charge in [-0.3, -0.25) is 9.59 Å². The summed E-state index contributed by atoms with van der Waals surface area (Å²) in [5.74, 6) is -1.42. The molecule has 2 aromatic rings. The van der Waals surface area contributed by atoms with Gasteiger partial charge in [-0.2, -0.15) is 0 Å². The quantitative estimate of drug-likeness (QED) is 0.614. The highest BCUT2D eigenvalue weighted by molar-refractivity contribution is 6.32. The standard InChI is InChI=1S/C21H24ClNO6/c1-12-13-7-15(22)16(24)9-17(13)29-20(28)14(12)8-18(25)23-11-21(10-19(26)27)5-3-2-4-6-21/h7,9,24H,2-6,8,10-11H2,1H3,(H,23,25)(H,26,27). The number of hydrogen-bond acceptors (Lipinski definition) is 5. The van der Waals surface area contributed by atoms with E-state index in [1.807, 2.05) is 0 Å². The molecule has 1 saturated carbocycles. The van der Waals surface area contributed by atoms with Crippen molar-refractivity contribution in [2.75, 3.05) is 6.54 Å². The van der Waals surface area contributed by atoms with Gasteiger partial charge in [0.25, 0.3) is 0 Å². The summed E-state index contributed by atoms with van der Waals surface area (Å²) in [6.07, 6.45) is 4.34. The van der Waals surface area contributed by atoms with E-state index in [4.69, 9.17) is 16.0 Å². The van der Waals surface area contributed by atoms with Crippen molar-refractivity contribution in [3.8, 4) is 5.75 Å². The molecule has 1 aromatic carbocycles. The molecule has 29 heavy (non-hydrogen) atoms. The SMILES string of the molecule is Cc1c(CC(=O)NCC2(CC(=O)O)CCCCC2)c(=O)oc2cc(O)c(Cl)cc12. The number of carbonyl (C=O) groups excluding carboxylic acids is 1. The van der Waals surface area contributed by atoms with Crippen molar-refractivity contribution in [3.05, 3.63) is 38.7 Å². The summed E-state index contributed by atoms with van der Waals surface area (Å²) in [6.45, 7) is 1.97. The molecule has 1 amide bonds. The number of aromatic hydroxyl groups is 1. The van der Waals surface area contributed by atoms with E-state index < -0.39 is 17.0 Å². The summed E-state index contributed by atoms with van der Waals surface area (Å²) in [5, 5.41) is 22.4. The Kier molecular flexibility index (Phi) is 6.17. The highest BCUT2D eigenvalue weighted by atomic mass is 35.5. The molecule has 156 valence electrons. The summed E-state index contributed by atoms with van der Waals surface area (Å²) in [4.78, 5) is 36.2. The van der Waals surface area contributed by atoms with Gasteiger partial charge in [-0.1, -0.05) is 30.9 Å². The number of carboxylic acids is 1. The zero-order valence-corrected chi connectivity index (χ0v) is 17.0. The lowest BCUT2D eigenvalue weighted by Gasteiger charge is -2.36. The molecule has 1 fully saturated rings. The average molecular weight is 422 g/mol. The minimum Gasteiger partial charge on any atom is -0.506 e. The Morgan fingerprint density at radius 3 is 2.59 bits per heavy atom. The van der Waals surface area contributed by atoms with Gasteiger partial charge in [-0.25, -0.2) is 4.79 Å². The van der Waals surface area contributed by atoms with Crippen LogP contribution in [-0.4, -0.2) is 28.6 Å². The number of phenolic OH excluding ortho intramolecular Hbond substituents is 1. The summed E-state index contributed by atoms with van der Waals surface area (Å²) in [5.41, 5.74) is -0.113. The molecule has 0 atom stereocenters. The number of halogens is 1. The number of aryl methyl sites for hydroxylation is 1. The van der Waals surface area contributed by atoms with E-state index in [0.717, 1.165) is 32.1 Å². The van der Waals surface area contributed by atoms with Gasteiger partial charge in [-0.15, -0.1) is 0 Å². The van der Waals surface area contributed by atoms with Crippen molar-refractivity contribution in [2.45, 2.75) is 51.9 Å². The van der Waals surface area contributed by atoms with Gasteiger partial charge in [0.2, 0.25) is 5.91 Å². The van der Waals surface area contributed by atoms with Gasteiger partial charge in [0.1, 0.15) is 11.3 Å². The van der Waals surface area contributed by atoms with Gasteiger partial charge in [-0.05, 0) is 36.8 Å². The molecule has 1 aliphatic rings. The van der Waals surface area contributed by atoms with Crippen LogP contribution in [0.2, 0.25) is 5.02 Å². The summed E-state index contributed by atoms with van der Waals surface area (Å²) < 4.78 is 5.25. The third-order valence-electron chi connectivity index (χ3n) is 5.79. The smallest absolute Gasteiger partial charge is 0.340 e. The van der Waals surface area contributed by atoms with Crippen molar-refractivity contribution in [1.29, 1.82) is 0 Å². The third kappa shape index (κ3) is 4.72. The second-order valence-corrected chi connectivity index (χ2v) is 8.28. The molecule has 1 aliphatic carbocycles. The Morgan fingerprint density at radius 2 is 1.93 bits per heavy atom. The van der Waals surface area contributed by atoms with Crippen molar-refractivity contribution in [2.24, 2.45) is 5.41 Å². The van der Waals surface area contributed by atoms with E-state index in [2.05, 4.69) is 5.32 Å². The van der Waals surface area contributed by atoms with Crippen LogP contribution in [0.15, 0.2) is 21.3 Å². The Bertz CT molecular complexity index is 1010. The van der Waals surface area contributed by atoms with Crippen molar-refractivity contribution in [1.82, 2.24) is 5.32 Å². The molecular formula is C21H24ClNO6. The lowest BCUT2D eigenvalue weighted by molar-refractivity contribution is -0.140. The predicted molar refractivity (Wildman–Crippen MR) is 108 cm³/mol. The van der Waals surface area contributed by atoms with Crippen molar-refractivity contribution >= 4 is 34.4 Å². The lowest BCUT2D eigenvalue weighted by atomic mass is 9.71. The Balaban J connectivity index is 1.78. The van der Waals surface area contributed by atoms with E-state index >= 15 is 0 Å². The fourth-order valence-electron chi connectivity index (χ4n) is 4.15. The highest BCUT2D eigenvalue weighted by Crippen LogP contribution is 2.39. The number of fused-ring (bicyclic) bond motifs is 1. The Morgan fingerprint density at radius 1 is 1.24 bits per heavy atom. The minimum absolute atomic E-state index is 0.0203. The average Bonchev–Trinajstić information content (AvgIpc) is 2.66. The number of benzene rings is 1. The van der Waals surface area contributed by atoms with E-state index in [0.29, 0.717) is 10.9 Å². The number of hydrogen-bond donors (Lipinski definition) is 3. The molecule has 0 spiro atoms. The third-order valence-corrected chi connectivity index (χ3v) is 6.10. The molecule has 0 bridgehead atoms. The van der Waals surface area contributed by atoms with Crippen LogP contribution in [0.1, 0.15) is 49.7 Å². The molecule has 0 unspecified atom stereocenters. The number of phenols is 1. The molecule has 1 heterocycles. The van der Waals surface area contributed by atoms with Crippen LogP contribution in [0.5, 0.6) is 5.75 Å². The second kappa shape index (κ2) is 8.45. The number of carboxylic acid groups (broad SMARTS) is 1. The highest BCUT2D eigenvalue weighted by Gasteiger charge is 2.34. The molecule has 1 aromatic heterocycles. The molecule has 3 N–H and O–H groups in total. The van der Waals surface area contributed by atoms with Gasteiger partial charge in [0, 0.05) is 18.0 Å². The maximum absolute atomic E-state index is 12.5. The van der Waals surface area contributed by atoms with Crippen molar-refractivity contribution < 1.29 is 24.2 Å². The van der Waals surface area contributed by atoms with Gasteiger partial charge < -0.3 is 19.9 Å². The van der Waals surface area contributed by atoms with E-state index in [-0.39, 0.29) is 47.2 Å². The number of nitrogens with one attached hydrogen (secondary N) is 1. The maximum atomic E-state index is 12.5. The first-order chi connectivity index (χ1) is 13.7. The summed E-state index contributed by atoms with van der Waals surface area (Å²) >= 11 is 5.95.